The molecule has 1 saturated carbocycles. The molecule has 48 heavy (non-hydrogen) atoms. The van der Waals surface area contributed by atoms with Crippen LogP contribution >= 0.6 is 0 Å². The second-order valence-corrected chi connectivity index (χ2v) is 12.2. The zero-order valence-corrected chi connectivity index (χ0v) is 25.7. The highest BCUT2D eigenvalue weighted by Crippen LogP contribution is 2.40. The van der Waals surface area contributed by atoms with Crippen LogP contribution in [-0.2, 0) is 27.0 Å². The molecule has 4 N–H and O–H groups in total. The molecule has 2 fully saturated rings. The van der Waals surface area contributed by atoms with Crippen LogP contribution in [0.3, 0.4) is 0 Å². The number of benzene rings is 2. The van der Waals surface area contributed by atoms with Gasteiger partial charge in [-0.25, -0.2) is 13.5 Å². The fraction of sp³-hybridized carbons (Fsp3) is 0.500. The number of amides is 1. The van der Waals surface area contributed by atoms with Gasteiger partial charge in [0.05, 0.1) is 43.0 Å². The third kappa shape index (κ3) is 7.21. The van der Waals surface area contributed by atoms with Crippen LogP contribution in [0.2, 0.25) is 0 Å². The van der Waals surface area contributed by atoms with Crippen molar-refractivity contribution in [1.82, 2.24) is 19.9 Å². The lowest BCUT2D eigenvalue weighted by molar-refractivity contribution is -0.202. The fourth-order valence-electron chi connectivity index (χ4n) is 6.64. The van der Waals surface area contributed by atoms with Gasteiger partial charge in [-0.3, -0.25) is 9.59 Å². The molecule has 11 nitrogen and oxygen atoms in total. The summed E-state index contributed by atoms with van der Waals surface area (Å²) in [4.78, 5) is 27.7. The number of aliphatic hydroxyl groups excluding tert-OH is 3. The van der Waals surface area contributed by atoms with Crippen molar-refractivity contribution in [3.8, 4) is 11.3 Å². The van der Waals surface area contributed by atoms with Crippen LogP contribution in [0.25, 0.3) is 11.3 Å². The average Bonchev–Trinajstić information content (AvgIpc) is 3.52. The molecule has 0 spiro atoms. The van der Waals surface area contributed by atoms with Crippen molar-refractivity contribution in [3.05, 3.63) is 70.9 Å². The molecule has 1 aliphatic heterocycles. The van der Waals surface area contributed by atoms with E-state index in [0.717, 1.165) is 27.8 Å². The topological polar surface area (TPSA) is 158 Å². The van der Waals surface area contributed by atoms with Gasteiger partial charge in [0.15, 0.2) is 0 Å². The third-order valence-electron chi connectivity index (χ3n) is 9.15. The zero-order chi connectivity index (χ0) is 34.9. The predicted molar refractivity (Wildman–Crippen MR) is 157 cm³/mol. The van der Waals surface area contributed by atoms with E-state index in [-0.39, 0.29) is 35.2 Å². The zero-order valence-electron chi connectivity index (χ0n) is 25.7. The van der Waals surface area contributed by atoms with E-state index >= 15 is 0 Å². The van der Waals surface area contributed by atoms with Crippen molar-refractivity contribution in [2.24, 2.45) is 5.92 Å². The van der Waals surface area contributed by atoms with Crippen molar-refractivity contribution in [3.63, 3.8) is 0 Å². The molecule has 260 valence electrons. The van der Waals surface area contributed by atoms with Gasteiger partial charge in [-0.2, -0.15) is 13.2 Å². The fourth-order valence-corrected chi connectivity index (χ4v) is 6.64. The summed E-state index contributed by atoms with van der Waals surface area (Å²) in [5.74, 6) is -5.54. The van der Waals surface area contributed by atoms with Crippen LogP contribution < -0.4 is 0 Å². The Morgan fingerprint density at radius 2 is 1.75 bits per heavy atom. The van der Waals surface area contributed by atoms with E-state index in [9.17, 15) is 52.0 Å². The SMILES string of the molecule is Cc1c(F)cc(-c2cn([C@@H]3[C@@H](O)[C@@H](CO)O[C@@H](C(=O)N(Cc4ccccc4C(F)(F)F)[C@H]4CCCC[C@@H]4O)[C@@H]3CC(=O)O)nn2)cc1F. The molecule has 3 aromatic rings. The maximum Gasteiger partial charge on any atom is 0.416 e. The predicted octanol–water partition coefficient (Wildman–Crippen LogP) is 3.64. The summed E-state index contributed by atoms with van der Waals surface area (Å²) in [6.45, 7) is -0.214. The lowest BCUT2D eigenvalue weighted by Gasteiger charge is -2.46. The summed E-state index contributed by atoms with van der Waals surface area (Å²) in [5.41, 5.74) is -1.58. The van der Waals surface area contributed by atoms with Gasteiger partial charge in [-0.15, -0.1) is 5.10 Å². The largest absolute Gasteiger partial charge is 0.481 e. The van der Waals surface area contributed by atoms with E-state index in [2.05, 4.69) is 10.3 Å². The first-order valence-corrected chi connectivity index (χ1v) is 15.4. The summed E-state index contributed by atoms with van der Waals surface area (Å²) in [5, 5.41) is 50.1. The molecule has 1 aliphatic carbocycles. The number of aliphatic hydroxyl groups is 3. The summed E-state index contributed by atoms with van der Waals surface area (Å²) in [6, 6.07) is 4.29. The molecule has 2 aliphatic rings. The molecule has 0 radical (unpaired) electrons. The van der Waals surface area contributed by atoms with E-state index in [4.69, 9.17) is 4.74 Å². The van der Waals surface area contributed by atoms with Gasteiger partial charge < -0.3 is 30.1 Å². The first kappa shape index (κ1) is 35.3. The molecule has 1 aromatic heterocycles. The standard InChI is InChI=1S/C32H35F5N4O7/c1-16-21(33)10-18(11-22(16)34)23-14-41(39-38-23)28-19(12-27(44)45)30(48-26(15-42)29(28)46)31(47)40(24-8-4-5-9-25(24)43)13-17-6-2-3-7-20(17)32(35,36)37/h2-3,6-7,10-11,14,19,24-26,28-30,42-43,46H,4-5,8-9,12-13,15H2,1H3,(H,44,45)/t19-,24+,25+,26-,28+,29+,30-/m1/s1. The van der Waals surface area contributed by atoms with Crippen molar-refractivity contribution in [2.75, 3.05) is 6.61 Å². The van der Waals surface area contributed by atoms with E-state index in [1.54, 1.807) is 0 Å². The number of alkyl halides is 3. The normalized spacial score (nSPS) is 26.3. The van der Waals surface area contributed by atoms with Gasteiger partial charge in [-0.05, 0) is 43.5 Å². The Kier molecular flexibility index (Phi) is 10.5. The molecule has 0 unspecified atom stereocenters. The highest BCUT2D eigenvalue weighted by Gasteiger charge is 2.52. The number of halogens is 5. The van der Waals surface area contributed by atoms with Crippen molar-refractivity contribution in [2.45, 2.75) is 88.2 Å². The number of nitrogens with zero attached hydrogens (tertiary/aromatic N) is 4. The minimum Gasteiger partial charge on any atom is -0.481 e. The van der Waals surface area contributed by atoms with Gasteiger partial charge in [0.1, 0.15) is 35.6 Å². The molecular weight excluding hydrogens is 647 g/mol. The number of carbonyl (C=O) groups is 2. The maximum atomic E-state index is 14.5. The minimum atomic E-state index is -4.77. The van der Waals surface area contributed by atoms with Crippen molar-refractivity contribution >= 4 is 11.9 Å². The molecule has 0 bridgehead atoms. The van der Waals surface area contributed by atoms with Crippen LogP contribution in [-0.4, -0.2) is 89.3 Å². The second-order valence-electron chi connectivity index (χ2n) is 12.2. The van der Waals surface area contributed by atoms with Crippen LogP contribution in [0.1, 0.15) is 54.8 Å². The van der Waals surface area contributed by atoms with Gasteiger partial charge in [0.2, 0.25) is 0 Å². The Morgan fingerprint density at radius 1 is 1.08 bits per heavy atom. The van der Waals surface area contributed by atoms with Crippen LogP contribution in [0, 0.1) is 24.5 Å². The quantitative estimate of drug-likeness (QED) is 0.248. The third-order valence-corrected chi connectivity index (χ3v) is 9.15. The van der Waals surface area contributed by atoms with E-state index < -0.39 is 97.2 Å². The monoisotopic (exact) mass is 682 g/mol. The summed E-state index contributed by atoms with van der Waals surface area (Å²) < 4.78 is 77.5. The molecular formula is C32H35F5N4O7. The van der Waals surface area contributed by atoms with Crippen LogP contribution in [0.15, 0.2) is 42.6 Å². The van der Waals surface area contributed by atoms with E-state index in [0.29, 0.717) is 12.8 Å². The Hall–Kier alpha value is -3.99. The van der Waals surface area contributed by atoms with Crippen LogP contribution in [0.5, 0.6) is 0 Å². The van der Waals surface area contributed by atoms with Crippen molar-refractivity contribution < 1.29 is 56.7 Å². The van der Waals surface area contributed by atoms with Crippen LogP contribution in [0.4, 0.5) is 22.0 Å². The average molecular weight is 683 g/mol. The Bertz CT molecular complexity index is 1610. The number of aromatic nitrogens is 3. The molecule has 7 atom stereocenters. The highest BCUT2D eigenvalue weighted by molar-refractivity contribution is 5.83. The maximum absolute atomic E-state index is 14.5. The number of carboxylic acids is 1. The van der Waals surface area contributed by atoms with Gasteiger partial charge >= 0.3 is 12.1 Å². The minimum absolute atomic E-state index is 0.0229. The second kappa shape index (κ2) is 14.2. The number of hydrogen-bond donors (Lipinski definition) is 4. The molecule has 5 rings (SSSR count). The number of ether oxygens (including phenoxy) is 1. The summed E-state index contributed by atoms with van der Waals surface area (Å²) in [7, 11) is 0. The molecule has 16 heteroatoms. The lowest BCUT2D eigenvalue weighted by Crippen LogP contribution is -2.60. The van der Waals surface area contributed by atoms with Crippen molar-refractivity contribution in [1.29, 1.82) is 0 Å². The Balaban J connectivity index is 1.57. The smallest absolute Gasteiger partial charge is 0.416 e. The first-order chi connectivity index (χ1) is 22.7. The number of aliphatic carboxylic acids is 1. The Morgan fingerprint density at radius 3 is 2.38 bits per heavy atom. The Labute approximate surface area is 271 Å². The molecule has 2 heterocycles. The molecule has 2 aromatic carbocycles. The summed E-state index contributed by atoms with van der Waals surface area (Å²) >= 11 is 0. The van der Waals surface area contributed by atoms with E-state index in [1.807, 2.05) is 0 Å². The molecule has 1 amide bonds. The number of rotatable bonds is 9. The first-order valence-electron chi connectivity index (χ1n) is 15.4. The number of hydrogen-bond acceptors (Lipinski definition) is 8. The van der Waals surface area contributed by atoms with E-state index in [1.165, 1.54) is 31.3 Å². The highest BCUT2D eigenvalue weighted by atomic mass is 19.4. The molecule has 1 saturated heterocycles. The van der Waals surface area contributed by atoms with Gasteiger partial charge in [0, 0.05) is 23.6 Å². The lowest BCUT2D eigenvalue weighted by atomic mass is 9.81. The van der Waals surface area contributed by atoms with Gasteiger partial charge in [0.25, 0.3) is 5.91 Å². The number of carbonyl (C=O) groups excluding carboxylic acids is 1. The summed E-state index contributed by atoms with van der Waals surface area (Å²) in [6.07, 6.45) is -8.73. The van der Waals surface area contributed by atoms with Gasteiger partial charge in [-0.1, -0.05) is 36.3 Å². The number of carboxylic acid groups (broad SMARTS) is 1.